The Morgan fingerprint density at radius 1 is 1.50 bits per heavy atom. The van der Waals surface area contributed by atoms with Gasteiger partial charge in [0.15, 0.2) is 0 Å². The molecular weight excluding hydrogens is 160 g/mol. The van der Waals surface area contributed by atoms with E-state index in [0.717, 1.165) is 0 Å². The van der Waals surface area contributed by atoms with Crippen LogP contribution in [0.5, 0.6) is 0 Å². The molecular formula is C7H8N2O3. The van der Waals surface area contributed by atoms with Gasteiger partial charge < -0.3 is 10.1 Å². The molecule has 1 rings (SSSR count). The molecule has 5 heteroatoms. The van der Waals surface area contributed by atoms with Gasteiger partial charge in [-0.15, -0.1) is 0 Å². The van der Waals surface area contributed by atoms with Gasteiger partial charge in [0.05, 0.1) is 11.3 Å². The molecule has 1 heterocycles. The molecule has 0 fully saturated rings. The predicted molar refractivity (Wildman–Crippen MR) is 41.3 cm³/mol. The van der Waals surface area contributed by atoms with Crippen molar-refractivity contribution in [1.29, 1.82) is 0 Å². The number of carbonyl (C=O) groups is 1. The van der Waals surface area contributed by atoms with Gasteiger partial charge in [-0.3, -0.25) is 0 Å². The van der Waals surface area contributed by atoms with Gasteiger partial charge in [-0.25, -0.2) is 9.59 Å². The lowest BCUT2D eigenvalue weighted by molar-refractivity contribution is 0.0694. The van der Waals surface area contributed by atoms with E-state index in [1.165, 1.54) is 13.8 Å². The van der Waals surface area contributed by atoms with Gasteiger partial charge in [0.25, 0.3) is 0 Å². The molecule has 0 amide bonds. The number of carboxylic acids is 1. The third-order valence-electron chi connectivity index (χ3n) is 1.51. The van der Waals surface area contributed by atoms with Crippen molar-refractivity contribution < 1.29 is 9.90 Å². The summed E-state index contributed by atoms with van der Waals surface area (Å²) in [5, 5.41) is 8.68. The molecule has 0 aromatic carbocycles. The third-order valence-corrected chi connectivity index (χ3v) is 1.51. The molecule has 0 atom stereocenters. The predicted octanol–water partition coefficient (Wildman–Crippen LogP) is 0.0849. The van der Waals surface area contributed by atoms with Crippen LogP contribution in [-0.4, -0.2) is 21.0 Å². The van der Waals surface area contributed by atoms with E-state index in [2.05, 4.69) is 9.97 Å². The maximum Gasteiger partial charge on any atom is 0.345 e. The van der Waals surface area contributed by atoms with Crippen molar-refractivity contribution in [2.45, 2.75) is 13.8 Å². The second-order valence-electron chi connectivity index (χ2n) is 2.43. The summed E-state index contributed by atoms with van der Waals surface area (Å²) in [5.41, 5.74) is 0.119. The normalized spacial score (nSPS) is 9.83. The molecule has 0 saturated carbocycles. The van der Waals surface area contributed by atoms with Crippen LogP contribution < -0.4 is 5.69 Å². The van der Waals surface area contributed by atoms with Crippen molar-refractivity contribution in [3.05, 3.63) is 27.4 Å². The smallest absolute Gasteiger partial charge is 0.345 e. The van der Waals surface area contributed by atoms with Crippen molar-refractivity contribution in [3.8, 4) is 0 Å². The number of H-pyrrole nitrogens is 1. The third kappa shape index (κ3) is 1.34. The molecule has 1 aromatic rings. The topological polar surface area (TPSA) is 83.0 Å². The summed E-state index contributed by atoms with van der Waals surface area (Å²) in [6.45, 7) is 3.02. The van der Waals surface area contributed by atoms with Crippen molar-refractivity contribution in [2.75, 3.05) is 0 Å². The van der Waals surface area contributed by atoms with Gasteiger partial charge in [0.2, 0.25) is 0 Å². The van der Waals surface area contributed by atoms with Gasteiger partial charge in [-0.05, 0) is 13.8 Å². The highest BCUT2D eigenvalue weighted by Crippen LogP contribution is 2.05. The lowest BCUT2D eigenvalue weighted by Gasteiger charge is -2.01. The summed E-state index contributed by atoms with van der Waals surface area (Å²) < 4.78 is 0. The van der Waals surface area contributed by atoms with Crippen LogP contribution in [-0.2, 0) is 0 Å². The van der Waals surface area contributed by atoms with Crippen molar-refractivity contribution in [3.63, 3.8) is 0 Å². The zero-order valence-corrected chi connectivity index (χ0v) is 6.71. The van der Waals surface area contributed by atoms with Crippen molar-refractivity contribution in [2.24, 2.45) is 0 Å². The first-order chi connectivity index (χ1) is 5.52. The van der Waals surface area contributed by atoms with Crippen LogP contribution in [0.25, 0.3) is 0 Å². The standard InChI is InChI=1S/C7H8N2O3/c1-3-5(6(10)11)4(2)9-7(12)8-3/h1-2H3,(H,10,11)(H,8,9,12). The lowest BCUT2D eigenvalue weighted by atomic mass is 10.2. The monoisotopic (exact) mass is 168 g/mol. The summed E-state index contributed by atoms with van der Waals surface area (Å²) in [4.78, 5) is 27.1. The van der Waals surface area contributed by atoms with Gasteiger partial charge in [-0.2, -0.15) is 4.98 Å². The number of aryl methyl sites for hydroxylation is 2. The van der Waals surface area contributed by atoms with Gasteiger partial charge in [0.1, 0.15) is 0 Å². The van der Waals surface area contributed by atoms with Gasteiger partial charge >= 0.3 is 11.7 Å². The molecule has 0 spiro atoms. The van der Waals surface area contributed by atoms with E-state index in [1.807, 2.05) is 0 Å². The van der Waals surface area contributed by atoms with E-state index in [0.29, 0.717) is 5.69 Å². The number of rotatable bonds is 1. The Morgan fingerprint density at radius 2 is 2.08 bits per heavy atom. The first-order valence-corrected chi connectivity index (χ1v) is 3.33. The van der Waals surface area contributed by atoms with E-state index < -0.39 is 11.7 Å². The van der Waals surface area contributed by atoms with E-state index in [9.17, 15) is 9.59 Å². The molecule has 0 aliphatic heterocycles. The van der Waals surface area contributed by atoms with Crippen LogP contribution in [0.15, 0.2) is 4.79 Å². The molecule has 0 unspecified atom stereocenters. The Morgan fingerprint density at radius 3 is 2.50 bits per heavy atom. The number of aromatic amines is 1. The fraction of sp³-hybridized carbons (Fsp3) is 0.286. The first kappa shape index (κ1) is 8.45. The summed E-state index contributed by atoms with van der Waals surface area (Å²) >= 11 is 0. The Kier molecular flexibility index (Phi) is 1.95. The number of aromatic carboxylic acids is 1. The quantitative estimate of drug-likeness (QED) is 0.622. The largest absolute Gasteiger partial charge is 0.478 e. The lowest BCUT2D eigenvalue weighted by Crippen LogP contribution is -2.18. The van der Waals surface area contributed by atoms with Crippen LogP contribution in [0.3, 0.4) is 0 Å². The number of nitrogens with one attached hydrogen (secondary N) is 1. The number of nitrogens with zero attached hydrogens (tertiary/aromatic N) is 1. The molecule has 1 aromatic heterocycles. The molecule has 0 bridgehead atoms. The van der Waals surface area contributed by atoms with Crippen LogP contribution in [0.4, 0.5) is 0 Å². The minimum absolute atomic E-state index is 0.0644. The Bertz CT molecular complexity index is 354. The Hall–Kier alpha value is -1.65. The van der Waals surface area contributed by atoms with E-state index in [4.69, 9.17) is 5.11 Å². The fourth-order valence-corrected chi connectivity index (χ4v) is 1.05. The maximum absolute atomic E-state index is 10.7. The van der Waals surface area contributed by atoms with Crippen molar-refractivity contribution >= 4 is 5.97 Å². The second-order valence-corrected chi connectivity index (χ2v) is 2.43. The molecule has 2 N–H and O–H groups in total. The molecule has 12 heavy (non-hydrogen) atoms. The molecule has 0 aliphatic carbocycles. The molecule has 5 nitrogen and oxygen atoms in total. The second kappa shape index (κ2) is 2.77. The van der Waals surface area contributed by atoms with E-state index >= 15 is 0 Å². The minimum atomic E-state index is -1.08. The summed E-state index contributed by atoms with van der Waals surface area (Å²) in [5.74, 6) is -1.08. The summed E-state index contributed by atoms with van der Waals surface area (Å²) in [7, 11) is 0. The number of hydrogen-bond acceptors (Lipinski definition) is 3. The zero-order chi connectivity index (χ0) is 9.30. The van der Waals surface area contributed by atoms with E-state index in [-0.39, 0.29) is 11.3 Å². The molecule has 0 radical (unpaired) electrons. The summed E-state index contributed by atoms with van der Waals surface area (Å²) in [6.07, 6.45) is 0. The Labute approximate surface area is 68.1 Å². The average molecular weight is 168 g/mol. The SMILES string of the molecule is Cc1nc(=O)[nH]c(C)c1C(=O)O. The van der Waals surface area contributed by atoms with Gasteiger partial charge in [0, 0.05) is 5.69 Å². The van der Waals surface area contributed by atoms with E-state index in [1.54, 1.807) is 0 Å². The highest BCUT2D eigenvalue weighted by atomic mass is 16.4. The summed E-state index contributed by atoms with van der Waals surface area (Å²) in [6, 6.07) is 0. The highest BCUT2D eigenvalue weighted by Gasteiger charge is 2.12. The minimum Gasteiger partial charge on any atom is -0.478 e. The van der Waals surface area contributed by atoms with Crippen LogP contribution in [0.1, 0.15) is 21.7 Å². The number of hydrogen-bond donors (Lipinski definition) is 2. The molecule has 0 aliphatic rings. The van der Waals surface area contributed by atoms with Gasteiger partial charge in [-0.1, -0.05) is 0 Å². The van der Waals surface area contributed by atoms with Crippen molar-refractivity contribution in [1.82, 2.24) is 9.97 Å². The van der Waals surface area contributed by atoms with Crippen LogP contribution in [0, 0.1) is 13.8 Å². The first-order valence-electron chi connectivity index (χ1n) is 3.33. The van der Waals surface area contributed by atoms with Crippen LogP contribution in [0.2, 0.25) is 0 Å². The average Bonchev–Trinajstić information content (AvgIpc) is 1.82. The fourth-order valence-electron chi connectivity index (χ4n) is 1.05. The van der Waals surface area contributed by atoms with Crippen LogP contribution >= 0.6 is 0 Å². The zero-order valence-electron chi connectivity index (χ0n) is 6.71. The molecule has 64 valence electrons. The number of carboxylic acid groups (broad SMARTS) is 1. The Balaban J connectivity index is 3.48. The number of aromatic nitrogens is 2. The maximum atomic E-state index is 10.7. The molecule has 0 saturated heterocycles. The highest BCUT2D eigenvalue weighted by molar-refractivity contribution is 5.89.